The topological polar surface area (TPSA) is 242 Å². The van der Waals surface area contributed by atoms with Gasteiger partial charge in [-0.3, -0.25) is 28.8 Å². The van der Waals surface area contributed by atoms with Gasteiger partial charge in [-0.2, -0.15) is 0 Å². The third kappa shape index (κ3) is 12.5. The number of aromatic amines is 1. The Kier molecular flexibility index (Phi) is 15.9. The lowest BCUT2D eigenvalue weighted by Gasteiger charge is -2.26. The van der Waals surface area contributed by atoms with Gasteiger partial charge in [-0.25, -0.2) is 0 Å². The number of rotatable bonds is 20. The van der Waals surface area contributed by atoms with Crippen molar-refractivity contribution in [3.05, 3.63) is 114 Å². The molecule has 0 radical (unpaired) electrons. The number of aromatic nitrogens is 1. The minimum atomic E-state index is -1.21. The van der Waals surface area contributed by atoms with Gasteiger partial charge in [0.1, 0.15) is 30.2 Å². The number of benzene rings is 4. The Morgan fingerprint density at radius 2 is 1.17 bits per heavy atom. The minimum absolute atomic E-state index is 0.0264. The van der Waals surface area contributed by atoms with Gasteiger partial charge in [0.25, 0.3) is 0 Å². The lowest BCUT2D eigenvalue weighted by molar-refractivity contribution is -0.134. The molecule has 15 nitrogen and oxygen atoms in total. The number of para-hydroxylation sites is 1. The molecule has 0 fully saturated rings. The Morgan fingerprint density at radius 1 is 0.583 bits per heavy atom. The standard InChI is InChI=1S/C45H55N9O6/c1-27(47)40(55)49-28(2)41(56)50-29(3)42(57)53-39(25-33-26-48-36-18-10-9-17-35(33)36)45(60)54-38(23-30-13-5-4-6-14-30)44(59)52-37(19-11-12-22-46)43(58)51-34-21-20-31-15-7-8-16-32(31)24-34/h4-10,13-18,20-21,24,26-29,37-39,48H,11-12,19,22-23,25,46-47H2,1-3H3,(H,49,55)(H,50,56)(H,51,58)(H,52,59)(H,53,57)(H,54,60)/t27-,28+,29+,37+,38-,39+/m1/s1. The Morgan fingerprint density at radius 3 is 1.87 bits per heavy atom. The highest BCUT2D eigenvalue weighted by Gasteiger charge is 2.32. The van der Waals surface area contributed by atoms with Crippen molar-refractivity contribution in [1.82, 2.24) is 31.6 Å². The van der Waals surface area contributed by atoms with Crippen molar-refractivity contribution in [3.8, 4) is 0 Å². The second-order valence-corrected chi connectivity index (χ2v) is 15.0. The summed E-state index contributed by atoms with van der Waals surface area (Å²) in [7, 11) is 0. The van der Waals surface area contributed by atoms with E-state index in [2.05, 4.69) is 36.9 Å². The van der Waals surface area contributed by atoms with Crippen LogP contribution in [0.15, 0.2) is 103 Å². The van der Waals surface area contributed by atoms with E-state index in [9.17, 15) is 28.8 Å². The zero-order chi connectivity index (χ0) is 43.2. The molecule has 0 bridgehead atoms. The number of hydrogen-bond donors (Lipinski definition) is 9. The monoisotopic (exact) mass is 817 g/mol. The van der Waals surface area contributed by atoms with Crippen LogP contribution < -0.4 is 43.4 Å². The van der Waals surface area contributed by atoms with Crippen LogP contribution in [0, 0.1) is 0 Å². The molecule has 5 rings (SSSR count). The van der Waals surface area contributed by atoms with Gasteiger partial charge in [0.15, 0.2) is 0 Å². The molecule has 0 aliphatic rings. The van der Waals surface area contributed by atoms with Crippen molar-refractivity contribution < 1.29 is 28.8 Å². The van der Waals surface area contributed by atoms with Crippen LogP contribution in [-0.2, 0) is 41.6 Å². The Labute approximate surface area is 349 Å². The first kappa shape index (κ1) is 44.5. The van der Waals surface area contributed by atoms with E-state index >= 15 is 0 Å². The van der Waals surface area contributed by atoms with E-state index in [-0.39, 0.29) is 12.8 Å². The highest BCUT2D eigenvalue weighted by Crippen LogP contribution is 2.21. The molecular formula is C45H55N9O6. The molecule has 316 valence electrons. The number of anilines is 1. The van der Waals surface area contributed by atoms with E-state index in [1.807, 2.05) is 91.0 Å². The smallest absolute Gasteiger partial charge is 0.246 e. The molecule has 60 heavy (non-hydrogen) atoms. The summed E-state index contributed by atoms with van der Waals surface area (Å²) in [6, 6.07) is 23.6. The highest BCUT2D eigenvalue weighted by atomic mass is 16.2. The van der Waals surface area contributed by atoms with Crippen LogP contribution in [0.5, 0.6) is 0 Å². The van der Waals surface area contributed by atoms with E-state index in [1.54, 1.807) is 12.3 Å². The normalized spacial score (nSPS) is 14.2. The number of unbranched alkanes of at least 4 members (excludes halogenated alkanes) is 1. The average molecular weight is 818 g/mol. The Bertz CT molecular complexity index is 2280. The maximum atomic E-state index is 14.4. The molecule has 4 aromatic carbocycles. The summed E-state index contributed by atoms with van der Waals surface area (Å²) >= 11 is 0. The van der Waals surface area contributed by atoms with Crippen LogP contribution in [0.2, 0.25) is 0 Å². The minimum Gasteiger partial charge on any atom is -0.361 e. The van der Waals surface area contributed by atoms with Crippen LogP contribution in [-0.4, -0.2) is 83.2 Å². The van der Waals surface area contributed by atoms with Gasteiger partial charge in [-0.05, 0) is 86.7 Å². The SMILES string of the molecule is C[C@H](NC(=O)[C@H](C)NC(=O)[C@@H](C)N)C(=O)N[C@@H](Cc1c[nH]c2ccccc12)C(=O)N[C@H](Cc1ccccc1)C(=O)N[C@@H](CCCCN)C(=O)Nc1ccc2ccccc2c1. The number of amides is 6. The Balaban J connectivity index is 1.37. The van der Waals surface area contributed by atoms with Crippen molar-refractivity contribution in [3.63, 3.8) is 0 Å². The van der Waals surface area contributed by atoms with Gasteiger partial charge in [-0.1, -0.05) is 78.9 Å². The zero-order valence-electron chi connectivity index (χ0n) is 34.1. The van der Waals surface area contributed by atoms with Crippen molar-refractivity contribution >= 4 is 62.8 Å². The van der Waals surface area contributed by atoms with Crippen molar-refractivity contribution in [2.45, 2.75) is 89.1 Å². The molecule has 0 unspecified atom stereocenters. The summed E-state index contributed by atoms with van der Waals surface area (Å²) in [4.78, 5) is 84.3. The zero-order valence-corrected chi connectivity index (χ0v) is 34.1. The predicted octanol–water partition coefficient (Wildman–Crippen LogP) is 2.69. The molecule has 1 aromatic heterocycles. The Hall–Kier alpha value is -6.58. The van der Waals surface area contributed by atoms with Crippen LogP contribution in [0.1, 0.15) is 51.2 Å². The van der Waals surface area contributed by atoms with Gasteiger partial charge < -0.3 is 48.4 Å². The van der Waals surface area contributed by atoms with Crippen LogP contribution in [0.25, 0.3) is 21.7 Å². The van der Waals surface area contributed by atoms with Crippen LogP contribution in [0.3, 0.4) is 0 Å². The first-order chi connectivity index (χ1) is 28.8. The van der Waals surface area contributed by atoms with Crippen molar-refractivity contribution in [1.29, 1.82) is 0 Å². The first-order valence-electron chi connectivity index (χ1n) is 20.2. The number of carbonyl (C=O) groups excluding carboxylic acids is 6. The third-order valence-electron chi connectivity index (χ3n) is 10.2. The number of hydrogen-bond acceptors (Lipinski definition) is 8. The summed E-state index contributed by atoms with van der Waals surface area (Å²) in [5, 5.41) is 19.3. The molecule has 6 amide bonds. The fraction of sp³-hybridized carbons (Fsp3) is 0.333. The number of nitrogens with two attached hydrogens (primary N) is 2. The number of carbonyl (C=O) groups is 6. The van der Waals surface area contributed by atoms with E-state index < -0.39 is 71.7 Å². The third-order valence-corrected chi connectivity index (χ3v) is 10.2. The highest BCUT2D eigenvalue weighted by molar-refractivity contribution is 6.01. The van der Waals surface area contributed by atoms with E-state index in [4.69, 9.17) is 11.5 Å². The lowest BCUT2D eigenvalue weighted by atomic mass is 10.0. The molecule has 0 spiro atoms. The molecule has 0 saturated carbocycles. The molecule has 0 saturated heterocycles. The maximum Gasteiger partial charge on any atom is 0.246 e. The fourth-order valence-electron chi connectivity index (χ4n) is 6.70. The second-order valence-electron chi connectivity index (χ2n) is 15.0. The summed E-state index contributed by atoms with van der Waals surface area (Å²) < 4.78 is 0. The molecule has 15 heteroatoms. The average Bonchev–Trinajstić information content (AvgIpc) is 3.65. The quantitative estimate of drug-likeness (QED) is 0.0528. The van der Waals surface area contributed by atoms with Gasteiger partial charge in [0.2, 0.25) is 35.4 Å². The second kappa shape index (κ2) is 21.4. The van der Waals surface area contributed by atoms with E-state index in [1.165, 1.54) is 20.8 Å². The van der Waals surface area contributed by atoms with Gasteiger partial charge in [-0.15, -0.1) is 0 Å². The summed E-state index contributed by atoms with van der Waals surface area (Å²) in [6.45, 7) is 4.80. The van der Waals surface area contributed by atoms with Crippen LogP contribution >= 0.6 is 0 Å². The van der Waals surface area contributed by atoms with Crippen molar-refractivity contribution in [2.75, 3.05) is 11.9 Å². The predicted molar refractivity (Wildman–Crippen MR) is 232 cm³/mol. The van der Waals surface area contributed by atoms with Gasteiger partial charge in [0, 0.05) is 35.6 Å². The van der Waals surface area contributed by atoms with Gasteiger partial charge >= 0.3 is 0 Å². The molecular weight excluding hydrogens is 763 g/mol. The summed E-state index contributed by atoms with van der Waals surface area (Å²) in [6.07, 6.45) is 3.34. The van der Waals surface area contributed by atoms with Gasteiger partial charge in [0.05, 0.1) is 6.04 Å². The first-order valence-corrected chi connectivity index (χ1v) is 20.2. The number of fused-ring (bicyclic) bond motifs is 2. The molecule has 0 aliphatic heterocycles. The molecule has 5 aromatic rings. The largest absolute Gasteiger partial charge is 0.361 e. The molecule has 1 heterocycles. The van der Waals surface area contributed by atoms with E-state index in [0.29, 0.717) is 31.5 Å². The van der Waals surface area contributed by atoms with Crippen LogP contribution in [0.4, 0.5) is 5.69 Å². The summed E-state index contributed by atoms with van der Waals surface area (Å²) in [5.41, 5.74) is 14.3. The number of nitrogens with one attached hydrogen (secondary N) is 7. The maximum absolute atomic E-state index is 14.4. The van der Waals surface area contributed by atoms with E-state index in [0.717, 1.165) is 32.8 Å². The fourth-order valence-corrected chi connectivity index (χ4v) is 6.70. The molecule has 0 aliphatic carbocycles. The molecule has 11 N–H and O–H groups in total. The summed E-state index contributed by atoms with van der Waals surface area (Å²) in [5.74, 6) is -3.53. The number of H-pyrrole nitrogens is 1. The van der Waals surface area contributed by atoms with Crippen molar-refractivity contribution in [2.24, 2.45) is 11.5 Å². The molecule has 6 atom stereocenters. The lowest BCUT2D eigenvalue weighted by Crippen LogP contribution is -2.59.